The first kappa shape index (κ1) is 33.0. The molecule has 3 aromatic carbocycles. The summed E-state index contributed by atoms with van der Waals surface area (Å²) in [5, 5.41) is 3.73. The minimum absolute atomic E-state index is 0.0175. The van der Waals surface area contributed by atoms with Gasteiger partial charge in [-0.2, -0.15) is 0 Å². The molecule has 7 nitrogen and oxygen atoms in total. The van der Waals surface area contributed by atoms with Gasteiger partial charge in [0, 0.05) is 33.7 Å². The van der Waals surface area contributed by atoms with E-state index in [1.807, 2.05) is 13.8 Å². The molecule has 12 heteroatoms. The topological polar surface area (TPSA) is 86.8 Å². The van der Waals surface area contributed by atoms with E-state index < -0.39 is 34.4 Å². The summed E-state index contributed by atoms with van der Waals surface area (Å²) in [5.74, 6) is -1.07. The highest BCUT2D eigenvalue weighted by atomic mass is 35.5. The van der Waals surface area contributed by atoms with E-state index in [9.17, 15) is 18.0 Å². The molecule has 0 heterocycles. The van der Waals surface area contributed by atoms with E-state index in [0.29, 0.717) is 22.2 Å². The average Bonchev–Trinajstić information content (AvgIpc) is 2.93. The molecule has 0 bridgehead atoms. The van der Waals surface area contributed by atoms with Crippen LogP contribution in [0.1, 0.15) is 37.8 Å². The van der Waals surface area contributed by atoms with Gasteiger partial charge in [0.15, 0.2) is 0 Å². The Morgan fingerprint density at radius 3 is 2.17 bits per heavy atom. The Labute approximate surface area is 261 Å². The standard InChI is InChI=1S/C29H31Cl4N3O4S/c1-4-5-15-34-29(38)20(3)35(17-23-24(31)7-6-8-25(23)32)28(37)18-36(27-16-21(30)11-14-26(27)33)41(39,40)22-12-9-19(2)10-13-22/h6-14,16,20H,4-5,15,17-18H2,1-3H3,(H,34,38). The number of benzene rings is 3. The first-order valence-electron chi connectivity index (χ1n) is 12.9. The second kappa shape index (κ2) is 14.6. The summed E-state index contributed by atoms with van der Waals surface area (Å²) in [5.41, 5.74) is 1.30. The molecule has 1 unspecified atom stereocenters. The van der Waals surface area contributed by atoms with Crippen LogP contribution in [0.15, 0.2) is 65.6 Å². The third-order valence-corrected chi connectivity index (χ3v) is 9.49. The van der Waals surface area contributed by atoms with E-state index in [0.717, 1.165) is 22.7 Å². The molecule has 0 aliphatic carbocycles. The Bertz CT molecular complexity index is 1480. The van der Waals surface area contributed by atoms with Crippen molar-refractivity contribution in [1.29, 1.82) is 0 Å². The predicted molar refractivity (Wildman–Crippen MR) is 167 cm³/mol. The maximum Gasteiger partial charge on any atom is 0.264 e. The van der Waals surface area contributed by atoms with Crippen LogP contribution in [0.25, 0.3) is 0 Å². The van der Waals surface area contributed by atoms with Crippen molar-refractivity contribution in [3.63, 3.8) is 0 Å². The minimum Gasteiger partial charge on any atom is -0.354 e. The van der Waals surface area contributed by atoms with Crippen molar-refractivity contribution in [2.45, 2.75) is 51.1 Å². The van der Waals surface area contributed by atoms with Gasteiger partial charge in [0.25, 0.3) is 10.0 Å². The smallest absolute Gasteiger partial charge is 0.264 e. The molecule has 0 aliphatic heterocycles. The van der Waals surface area contributed by atoms with E-state index in [-0.39, 0.29) is 27.2 Å². The molecule has 0 spiro atoms. The lowest BCUT2D eigenvalue weighted by molar-refractivity contribution is -0.139. The number of hydrogen-bond donors (Lipinski definition) is 1. The summed E-state index contributed by atoms with van der Waals surface area (Å²) in [6, 6.07) is 14.5. The quantitative estimate of drug-likeness (QED) is 0.210. The molecule has 41 heavy (non-hydrogen) atoms. The van der Waals surface area contributed by atoms with Crippen LogP contribution >= 0.6 is 46.4 Å². The second-order valence-electron chi connectivity index (χ2n) is 9.46. The van der Waals surface area contributed by atoms with Crippen molar-refractivity contribution in [2.75, 3.05) is 17.4 Å². The molecule has 2 amide bonds. The zero-order valence-corrected chi connectivity index (χ0v) is 26.7. The van der Waals surface area contributed by atoms with Crippen molar-refractivity contribution in [1.82, 2.24) is 10.2 Å². The van der Waals surface area contributed by atoms with Gasteiger partial charge < -0.3 is 10.2 Å². The van der Waals surface area contributed by atoms with E-state index >= 15 is 0 Å². The Morgan fingerprint density at radius 1 is 0.927 bits per heavy atom. The van der Waals surface area contributed by atoms with Crippen LogP contribution in [0.3, 0.4) is 0 Å². The maximum absolute atomic E-state index is 14.0. The fourth-order valence-corrected chi connectivity index (χ4v) is 6.38. The Hall–Kier alpha value is -2.49. The number of amides is 2. The average molecular weight is 659 g/mol. The van der Waals surface area contributed by atoms with Gasteiger partial charge in [-0.1, -0.05) is 83.5 Å². The number of nitrogens with one attached hydrogen (secondary N) is 1. The number of carbonyl (C=O) groups is 2. The molecule has 0 aromatic heterocycles. The van der Waals surface area contributed by atoms with Gasteiger partial charge in [-0.15, -0.1) is 0 Å². The van der Waals surface area contributed by atoms with Gasteiger partial charge in [0.2, 0.25) is 11.8 Å². The Kier molecular flexibility index (Phi) is 11.8. The van der Waals surface area contributed by atoms with Crippen molar-refractivity contribution in [3.05, 3.63) is 91.9 Å². The summed E-state index contributed by atoms with van der Waals surface area (Å²) >= 11 is 25.5. The van der Waals surface area contributed by atoms with Crippen molar-refractivity contribution < 1.29 is 18.0 Å². The second-order valence-corrected chi connectivity index (χ2v) is 13.0. The first-order chi connectivity index (χ1) is 19.4. The highest BCUT2D eigenvalue weighted by Gasteiger charge is 2.34. The minimum atomic E-state index is -4.30. The van der Waals surface area contributed by atoms with Gasteiger partial charge in [-0.05, 0) is 62.7 Å². The Morgan fingerprint density at radius 2 is 1.56 bits per heavy atom. The van der Waals surface area contributed by atoms with Crippen molar-refractivity contribution in [2.24, 2.45) is 0 Å². The number of anilines is 1. The number of unbranched alkanes of at least 4 members (excludes halogenated alkanes) is 1. The van der Waals surface area contributed by atoms with E-state index in [2.05, 4.69) is 5.32 Å². The van der Waals surface area contributed by atoms with Crippen LogP contribution in [0.2, 0.25) is 20.1 Å². The van der Waals surface area contributed by atoms with E-state index in [1.165, 1.54) is 35.2 Å². The normalized spacial score (nSPS) is 12.1. The highest BCUT2D eigenvalue weighted by molar-refractivity contribution is 7.92. The first-order valence-corrected chi connectivity index (χ1v) is 15.9. The van der Waals surface area contributed by atoms with Crippen LogP contribution in [-0.2, 0) is 26.2 Å². The summed E-state index contributed by atoms with van der Waals surface area (Å²) in [4.78, 5) is 28.3. The molecule has 0 radical (unpaired) electrons. The molecule has 1 N–H and O–H groups in total. The third kappa shape index (κ3) is 8.30. The fraction of sp³-hybridized carbons (Fsp3) is 0.310. The highest BCUT2D eigenvalue weighted by Crippen LogP contribution is 2.34. The van der Waals surface area contributed by atoms with Crippen LogP contribution in [-0.4, -0.2) is 44.3 Å². The van der Waals surface area contributed by atoms with Gasteiger partial charge in [-0.25, -0.2) is 8.42 Å². The summed E-state index contributed by atoms with van der Waals surface area (Å²) in [6.45, 7) is 5.01. The van der Waals surface area contributed by atoms with Crippen molar-refractivity contribution in [3.8, 4) is 0 Å². The van der Waals surface area contributed by atoms with Crippen LogP contribution < -0.4 is 9.62 Å². The van der Waals surface area contributed by atoms with Gasteiger partial charge in [0.05, 0.1) is 15.6 Å². The van der Waals surface area contributed by atoms with Crippen LogP contribution in [0.4, 0.5) is 5.69 Å². The van der Waals surface area contributed by atoms with Gasteiger partial charge >= 0.3 is 0 Å². The van der Waals surface area contributed by atoms with Crippen molar-refractivity contribution >= 4 is 73.9 Å². The molecule has 0 saturated heterocycles. The lowest BCUT2D eigenvalue weighted by Crippen LogP contribution is -2.51. The van der Waals surface area contributed by atoms with Gasteiger partial charge in [-0.3, -0.25) is 13.9 Å². The molecular formula is C29H31Cl4N3O4S. The van der Waals surface area contributed by atoms with E-state index in [1.54, 1.807) is 37.3 Å². The molecule has 220 valence electrons. The zero-order chi connectivity index (χ0) is 30.3. The molecule has 3 aromatic rings. The van der Waals surface area contributed by atoms with E-state index in [4.69, 9.17) is 46.4 Å². The summed E-state index contributed by atoms with van der Waals surface area (Å²) in [6.07, 6.45) is 1.64. The number of hydrogen-bond acceptors (Lipinski definition) is 4. The third-order valence-electron chi connectivity index (χ3n) is 6.45. The molecule has 1 atom stereocenters. The number of carbonyl (C=O) groups excluding carboxylic acids is 2. The number of rotatable bonds is 12. The monoisotopic (exact) mass is 657 g/mol. The molecule has 3 rings (SSSR count). The molecule has 0 saturated carbocycles. The summed E-state index contributed by atoms with van der Waals surface area (Å²) < 4.78 is 28.8. The molecule has 0 aliphatic rings. The zero-order valence-electron chi connectivity index (χ0n) is 22.8. The predicted octanol–water partition coefficient (Wildman–Crippen LogP) is 7.14. The lowest BCUT2D eigenvalue weighted by atomic mass is 10.1. The SMILES string of the molecule is CCCCNC(=O)C(C)N(Cc1c(Cl)cccc1Cl)C(=O)CN(c1cc(Cl)ccc1Cl)S(=O)(=O)c1ccc(C)cc1. The lowest BCUT2D eigenvalue weighted by Gasteiger charge is -2.32. The van der Waals surface area contributed by atoms with Crippen LogP contribution in [0, 0.1) is 6.92 Å². The largest absolute Gasteiger partial charge is 0.354 e. The molecule has 0 fully saturated rings. The number of nitrogens with zero attached hydrogens (tertiary/aromatic N) is 2. The van der Waals surface area contributed by atoms with Crippen LogP contribution in [0.5, 0.6) is 0 Å². The number of sulfonamides is 1. The maximum atomic E-state index is 14.0. The Balaban J connectivity index is 2.08. The molecular weight excluding hydrogens is 628 g/mol. The fourth-order valence-electron chi connectivity index (χ4n) is 4.00. The number of aryl methyl sites for hydroxylation is 1. The van der Waals surface area contributed by atoms with Gasteiger partial charge in [0.1, 0.15) is 12.6 Å². The summed E-state index contributed by atoms with van der Waals surface area (Å²) in [7, 11) is -4.30. The number of halogens is 4.